The number of hydrogen-bond acceptors (Lipinski definition) is 2. The Balaban J connectivity index is 1.62. The summed E-state index contributed by atoms with van der Waals surface area (Å²) in [6, 6.07) is 12.3. The standard InChI is InChI=1S/C19H19FN2O/c20-15-8-6-14(7-9-15)19(10-11-19)18(23)22-13-3-5-17(22)16-4-1-2-12-21-16/h1-2,4,6-9,12,17H,3,5,10-11,13H2. The lowest BCUT2D eigenvalue weighted by Gasteiger charge is -2.29. The molecule has 1 aliphatic heterocycles. The highest BCUT2D eigenvalue weighted by atomic mass is 19.1. The van der Waals surface area contributed by atoms with Crippen molar-refractivity contribution < 1.29 is 9.18 Å². The van der Waals surface area contributed by atoms with Crippen LogP contribution in [-0.2, 0) is 10.2 Å². The Morgan fingerprint density at radius 2 is 1.96 bits per heavy atom. The molecule has 1 aromatic carbocycles. The lowest BCUT2D eigenvalue weighted by atomic mass is 9.93. The first-order valence-corrected chi connectivity index (χ1v) is 8.19. The van der Waals surface area contributed by atoms with Crippen molar-refractivity contribution in [3.05, 3.63) is 65.7 Å². The average molecular weight is 310 g/mol. The molecule has 118 valence electrons. The van der Waals surface area contributed by atoms with Crippen LogP contribution in [0.2, 0.25) is 0 Å². The van der Waals surface area contributed by atoms with Gasteiger partial charge in [-0.1, -0.05) is 18.2 Å². The van der Waals surface area contributed by atoms with E-state index >= 15 is 0 Å². The first-order valence-electron chi connectivity index (χ1n) is 8.19. The summed E-state index contributed by atoms with van der Waals surface area (Å²) in [5, 5.41) is 0. The molecule has 1 aromatic heterocycles. The molecule has 1 aliphatic carbocycles. The smallest absolute Gasteiger partial charge is 0.233 e. The molecule has 1 amide bonds. The van der Waals surface area contributed by atoms with Crippen molar-refractivity contribution in [1.82, 2.24) is 9.88 Å². The van der Waals surface area contributed by atoms with E-state index in [0.717, 1.165) is 43.5 Å². The molecule has 23 heavy (non-hydrogen) atoms. The molecular weight excluding hydrogens is 291 g/mol. The summed E-state index contributed by atoms with van der Waals surface area (Å²) in [5.74, 6) is -0.0817. The third-order valence-corrected chi connectivity index (χ3v) is 5.10. The third kappa shape index (κ3) is 2.42. The molecule has 4 rings (SSSR count). The highest BCUT2D eigenvalue weighted by Gasteiger charge is 2.54. The number of halogens is 1. The van der Waals surface area contributed by atoms with E-state index in [9.17, 15) is 9.18 Å². The summed E-state index contributed by atoms with van der Waals surface area (Å²) < 4.78 is 13.2. The molecule has 0 bridgehead atoms. The number of nitrogens with zero attached hydrogens (tertiary/aromatic N) is 2. The van der Waals surface area contributed by atoms with E-state index in [-0.39, 0.29) is 17.8 Å². The van der Waals surface area contributed by atoms with Gasteiger partial charge in [-0.3, -0.25) is 9.78 Å². The molecule has 1 saturated carbocycles. The number of likely N-dealkylation sites (tertiary alicyclic amines) is 1. The predicted molar refractivity (Wildman–Crippen MR) is 85.2 cm³/mol. The van der Waals surface area contributed by atoms with Gasteiger partial charge < -0.3 is 4.90 Å². The van der Waals surface area contributed by atoms with Crippen LogP contribution in [0.3, 0.4) is 0 Å². The molecule has 2 fully saturated rings. The summed E-state index contributed by atoms with van der Waals surface area (Å²) in [6.45, 7) is 0.781. The van der Waals surface area contributed by atoms with E-state index in [2.05, 4.69) is 4.98 Å². The molecule has 4 heteroatoms. The van der Waals surface area contributed by atoms with Crippen LogP contribution in [0.1, 0.15) is 43.0 Å². The number of aromatic nitrogens is 1. The Labute approximate surface area is 135 Å². The summed E-state index contributed by atoms with van der Waals surface area (Å²) >= 11 is 0. The van der Waals surface area contributed by atoms with Crippen LogP contribution in [0.4, 0.5) is 4.39 Å². The lowest BCUT2D eigenvalue weighted by molar-refractivity contribution is -0.135. The van der Waals surface area contributed by atoms with Crippen LogP contribution in [0.25, 0.3) is 0 Å². The number of rotatable bonds is 3. The minimum Gasteiger partial charge on any atom is -0.333 e. The van der Waals surface area contributed by atoms with Gasteiger partial charge in [-0.25, -0.2) is 4.39 Å². The van der Waals surface area contributed by atoms with Gasteiger partial charge >= 0.3 is 0 Å². The van der Waals surface area contributed by atoms with Crippen molar-refractivity contribution in [1.29, 1.82) is 0 Å². The van der Waals surface area contributed by atoms with E-state index < -0.39 is 5.41 Å². The van der Waals surface area contributed by atoms with E-state index in [1.807, 2.05) is 23.1 Å². The normalized spacial score (nSPS) is 22.1. The zero-order chi connectivity index (χ0) is 15.9. The van der Waals surface area contributed by atoms with Gasteiger partial charge in [0.25, 0.3) is 0 Å². The quantitative estimate of drug-likeness (QED) is 0.867. The maximum absolute atomic E-state index is 13.2. The molecule has 3 nitrogen and oxygen atoms in total. The molecule has 1 unspecified atom stereocenters. The summed E-state index contributed by atoms with van der Waals surface area (Å²) in [4.78, 5) is 19.6. The highest BCUT2D eigenvalue weighted by molar-refractivity contribution is 5.91. The van der Waals surface area contributed by atoms with E-state index in [1.54, 1.807) is 18.3 Å². The fourth-order valence-corrected chi connectivity index (χ4v) is 3.69. The maximum Gasteiger partial charge on any atom is 0.233 e. The number of carbonyl (C=O) groups excluding carboxylic acids is 1. The Hall–Kier alpha value is -2.23. The molecule has 2 aromatic rings. The van der Waals surface area contributed by atoms with Gasteiger partial charge in [0.05, 0.1) is 17.2 Å². The molecule has 2 aliphatic rings. The molecule has 0 radical (unpaired) electrons. The van der Waals surface area contributed by atoms with Gasteiger partial charge in [0.2, 0.25) is 5.91 Å². The van der Waals surface area contributed by atoms with Crippen molar-refractivity contribution in [2.75, 3.05) is 6.54 Å². The Bertz CT molecular complexity index is 710. The van der Waals surface area contributed by atoms with Gasteiger partial charge in [0.15, 0.2) is 0 Å². The fourth-order valence-electron chi connectivity index (χ4n) is 3.69. The molecule has 1 atom stereocenters. The Morgan fingerprint density at radius 3 is 2.61 bits per heavy atom. The van der Waals surface area contributed by atoms with Crippen molar-refractivity contribution >= 4 is 5.91 Å². The van der Waals surface area contributed by atoms with E-state index in [0.29, 0.717) is 0 Å². The number of benzene rings is 1. The third-order valence-electron chi connectivity index (χ3n) is 5.10. The van der Waals surface area contributed by atoms with Gasteiger partial charge in [0.1, 0.15) is 5.82 Å². The van der Waals surface area contributed by atoms with Crippen LogP contribution < -0.4 is 0 Å². The molecule has 0 N–H and O–H groups in total. The molecule has 1 saturated heterocycles. The second-order valence-electron chi connectivity index (χ2n) is 6.50. The zero-order valence-corrected chi connectivity index (χ0v) is 12.9. The monoisotopic (exact) mass is 310 g/mol. The molecule has 0 spiro atoms. The minimum absolute atomic E-state index is 0.0709. The number of hydrogen-bond donors (Lipinski definition) is 0. The Morgan fingerprint density at radius 1 is 1.17 bits per heavy atom. The SMILES string of the molecule is O=C(N1CCCC1c1ccccn1)C1(c2ccc(F)cc2)CC1. The van der Waals surface area contributed by atoms with Crippen molar-refractivity contribution in [3.63, 3.8) is 0 Å². The second-order valence-corrected chi connectivity index (χ2v) is 6.50. The minimum atomic E-state index is -0.439. The average Bonchev–Trinajstić information content (AvgIpc) is 3.25. The van der Waals surface area contributed by atoms with Crippen LogP contribution in [0, 0.1) is 5.82 Å². The summed E-state index contributed by atoms with van der Waals surface area (Å²) in [7, 11) is 0. The van der Waals surface area contributed by atoms with E-state index in [1.165, 1.54) is 12.1 Å². The van der Waals surface area contributed by atoms with Crippen LogP contribution in [-0.4, -0.2) is 22.3 Å². The van der Waals surface area contributed by atoms with Gasteiger partial charge in [-0.05, 0) is 55.5 Å². The van der Waals surface area contributed by atoms with Crippen molar-refractivity contribution in [2.45, 2.75) is 37.1 Å². The van der Waals surface area contributed by atoms with Crippen molar-refractivity contribution in [2.24, 2.45) is 0 Å². The predicted octanol–water partition coefficient (Wildman–Crippen LogP) is 3.62. The highest BCUT2D eigenvalue weighted by Crippen LogP contribution is 2.51. The summed E-state index contributed by atoms with van der Waals surface area (Å²) in [5.41, 5.74) is 1.47. The van der Waals surface area contributed by atoms with Crippen LogP contribution >= 0.6 is 0 Å². The van der Waals surface area contributed by atoms with Crippen molar-refractivity contribution in [3.8, 4) is 0 Å². The molecular formula is C19H19FN2O. The largest absolute Gasteiger partial charge is 0.333 e. The fraction of sp³-hybridized carbons (Fsp3) is 0.368. The lowest BCUT2D eigenvalue weighted by Crippen LogP contribution is -2.39. The molecule has 2 heterocycles. The zero-order valence-electron chi connectivity index (χ0n) is 12.9. The van der Waals surface area contributed by atoms with Crippen LogP contribution in [0.5, 0.6) is 0 Å². The first-order chi connectivity index (χ1) is 11.2. The number of pyridine rings is 1. The van der Waals surface area contributed by atoms with Gasteiger partial charge in [0, 0.05) is 12.7 Å². The van der Waals surface area contributed by atoms with Gasteiger partial charge in [-0.2, -0.15) is 0 Å². The number of carbonyl (C=O) groups is 1. The Kier molecular flexibility index (Phi) is 3.40. The topological polar surface area (TPSA) is 33.2 Å². The first kappa shape index (κ1) is 14.4. The summed E-state index contributed by atoms with van der Waals surface area (Å²) in [6.07, 6.45) is 5.45. The second kappa shape index (κ2) is 5.44. The van der Waals surface area contributed by atoms with Crippen LogP contribution in [0.15, 0.2) is 48.7 Å². The number of amides is 1. The maximum atomic E-state index is 13.2. The van der Waals surface area contributed by atoms with E-state index in [4.69, 9.17) is 0 Å². The van der Waals surface area contributed by atoms with Gasteiger partial charge in [-0.15, -0.1) is 0 Å².